The molecule has 3 atom stereocenters. The third-order valence-electron chi connectivity index (χ3n) is 10.4. The molecule has 3 saturated heterocycles. The molecule has 7 nitrogen and oxygen atoms in total. The molecule has 2 aromatic carbocycles. The van der Waals surface area contributed by atoms with Gasteiger partial charge < -0.3 is 20.2 Å². The standard InChI is InChI=1S/C33H42FN5O2/c34-29-6-2-5-28(18-29)33(39-14-3-15-39,19-26-4-1-7-31(26)36-32(40)41)27-12-16-37(17-13-27)21-25-22-38(23-25)30-10-8-24(20-35)9-11-30/h2,5-6,8-11,18,25-27,31,36H,1,3-4,7,12-17,19,21-23H2,(H,40,41)/t26-,31+,33+/m1/s1. The molecule has 3 aliphatic heterocycles. The molecular weight excluding hydrogens is 517 g/mol. The first-order valence-corrected chi connectivity index (χ1v) is 15.4. The van der Waals surface area contributed by atoms with Crippen LogP contribution in [0.15, 0.2) is 48.5 Å². The molecule has 6 rings (SSSR count). The highest BCUT2D eigenvalue weighted by molar-refractivity contribution is 5.65. The Morgan fingerprint density at radius 2 is 1.78 bits per heavy atom. The quantitative estimate of drug-likeness (QED) is 0.436. The van der Waals surface area contributed by atoms with E-state index in [0.717, 1.165) is 96.3 Å². The van der Waals surface area contributed by atoms with Gasteiger partial charge in [0.2, 0.25) is 0 Å². The first kappa shape index (κ1) is 28.0. The largest absolute Gasteiger partial charge is 0.465 e. The van der Waals surface area contributed by atoms with Gasteiger partial charge in [-0.05, 0) is 105 Å². The maximum absolute atomic E-state index is 14.7. The summed E-state index contributed by atoms with van der Waals surface area (Å²) in [4.78, 5) is 19.2. The molecule has 218 valence electrons. The molecule has 1 saturated carbocycles. The van der Waals surface area contributed by atoms with E-state index in [1.54, 1.807) is 6.07 Å². The van der Waals surface area contributed by atoms with E-state index in [2.05, 4.69) is 32.2 Å². The van der Waals surface area contributed by atoms with Crippen LogP contribution < -0.4 is 10.2 Å². The van der Waals surface area contributed by atoms with Crippen molar-refractivity contribution in [2.45, 2.75) is 56.5 Å². The lowest BCUT2D eigenvalue weighted by atomic mass is 9.66. The molecular formula is C33H42FN5O2. The third-order valence-corrected chi connectivity index (χ3v) is 10.4. The number of hydrogen-bond acceptors (Lipinski definition) is 5. The van der Waals surface area contributed by atoms with Crippen LogP contribution in [0.2, 0.25) is 0 Å². The average Bonchev–Trinajstić information content (AvgIpc) is 3.35. The maximum Gasteiger partial charge on any atom is 0.404 e. The summed E-state index contributed by atoms with van der Waals surface area (Å²) in [5.41, 5.74) is 2.70. The monoisotopic (exact) mass is 559 g/mol. The molecule has 0 bridgehead atoms. The fourth-order valence-corrected chi connectivity index (χ4v) is 8.19. The number of benzene rings is 2. The molecule has 0 spiro atoms. The summed E-state index contributed by atoms with van der Waals surface area (Å²) in [5, 5.41) is 21.4. The zero-order valence-corrected chi connectivity index (χ0v) is 23.8. The van der Waals surface area contributed by atoms with Crippen molar-refractivity contribution in [1.29, 1.82) is 5.26 Å². The maximum atomic E-state index is 14.7. The van der Waals surface area contributed by atoms with Crippen molar-refractivity contribution in [2.24, 2.45) is 17.8 Å². The van der Waals surface area contributed by atoms with Gasteiger partial charge in [-0.25, -0.2) is 9.18 Å². The van der Waals surface area contributed by atoms with Crippen molar-refractivity contribution in [3.63, 3.8) is 0 Å². The molecule has 0 aromatic heterocycles. The lowest BCUT2D eigenvalue weighted by Crippen LogP contribution is -2.60. The number of nitriles is 1. The second-order valence-corrected chi connectivity index (χ2v) is 12.7. The van der Waals surface area contributed by atoms with Gasteiger partial charge in [-0.15, -0.1) is 0 Å². The number of rotatable bonds is 9. The Kier molecular flexibility index (Phi) is 8.19. The summed E-state index contributed by atoms with van der Waals surface area (Å²) >= 11 is 0. The van der Waals surface area contributed by atoms with Crippen LogP contribution in [0.1, 0.15) is 56.1 Å². The molecule has 8 heteroatoms. The number of piperidine rings is 1. The Morgan fingerprint density at radius 1 is 1.02 bits per heavy atom. The van der Waals surface area contributed by atoms with Crippen LogP contribution in [0.4, 0.5) is 14.9 Å². The SMILES string of the molecule is N#Cc1ccc(N2CC(CN3CCC([C@@](C[C@H]4CCC[C@@H]4NC(=O)O)(c4cccc(F)c4)N4CCC4)CC3)C2)cc1. The van der Waals surface area contributed by atoms with Gasteiger partial charge in [0.15, 0.2) is 0 Å². The normalized spacial score (nSPS) is 25.6. The lowest BCUT2D eigenvalue weighted by Gasteiger charge is -2.56. The molecule has 41 heavy (non-hydrogen) atoms. The second kappa shape index (κ2) is 12.0. The van der Waals surface area contributed by atoms with E-state index in [1.165, 1.54) is 11.8 Å². The van der Waals surface area contributed by atoms with Crippen molar-refractivity contribution in [2.75, 3.05) is 50.7 Å². The summed E-state index contributed by atoms with van der Waals surface area (Å²) in [6, 6.07) is 17.3. The van der Waals surface area contributed by atoms with Crippen molar-refractivity contribution in [1.82, 2.24) is 15.1 Å². The highest BCUT2D eigenvalue weighted by Crippen LogP contribution is 2.50. The molecule has 4 fully saturated rings. The number of nitrogens with one attached hydrogen (secondary N) is 1. The highest BCUT2D eigenvalue weighted by Gasteiger charge is 2.50. The van der Waals surface area contributed by atoms with E-state index in [4.69, 9.17) is 5.26 Å². The molecule has 0 radical (unpaired) electrons. The molecule has 2 aromatic rings. The van der Waals surface area contributed by atoms with E-state index >= 15 is 0 Å². The Labute approximate surface area is 242 Å². The van der Waals surface area contributed by atoms with Crippen LogP contribution in [0.5, 0.6) is 0 Å². The number of likely N-dealkylation sites (tertiary alicyclic amines) is 2. The number of amides is 1. The Bertz CT molecular complexity index is 1250. The summed E-state index contributed by atoms with van der Waals surface area (Å²) < 4.78 is 14.7. The van der Waals surface area contributed by atoms with Crippen LogP contribution in [0, 0.1) is 34.9 Å². The van der Waals surface area contributed by atoms with Gasteiger partial charge in [0, 0.05) is 55.9 Å². The van der Waals surface area contributed by atoms with Crippen molar-refractivity contribution in [3.05, 3.63) is 65.5 Å². The van der Waals surface area contributed by atoms with Crippen LogP contribution >= 0.6 is 0 Å². The number of hydrogen-bond donors (Lipinski definition) is 2. The minimum atomic E-state index is -0.941. The second-order valence-electron chi connectivity index (χ2n) is 12.7. The van der Waals surface area contributed by atoms with Crippen molar-refractivity contribution in [3.8, 4) is 6.07 Å². The molecule has 1 aliphatic carbocycles. The lowest BCUT2D eigenvalue weighted by molar-refractivity contribution is -0.0591. The smallest absolute Gasteiger partial charge is 0.404 e. The summed E-state index contributed by atoms with van der Waals surface area (Å²) in [5.74, 6) is 1.12. The number of carboxylic acid groups (broad SMARTS) is 1. The van der Waals surface area contributed by atoms with Crippen molar-refractivity contribution < 1.29 is 14.3 Å². The zero-order chi connectivity index (χ0) is 28.4. The average molecular weight is 560 g/mol. The van der Waals surface area contributed by atoms with Crippen molar-refractivity contribution >= 4 is 11.8 Å². The first-order chi connectivity index (χ1) is 19.9. The molecule has 4 aliphatic rings. The minimum Gasteiger partial charge on any atom is -0.465 e. The Balaban J connectivity index is 1.14. The molecule has 3 heterocycles. The van der Waals surface area contributed by atoms with Crippen LogP contribution in [-0.2, 0) is 5.54 Å². The van der Waals surface area contributed by atoms with Gasteiger partial charge in [0.25, 0.3) is 0 Å². The summed E-state index contributed by atoms with van der Waals surface area (Å²) in [7, 11) is 0. The van der Waals surface area contributed by atoms with Gasteiger partial charge in [-0.3, -0.25) is 4.90 Å². The molecule has 2 N–H and O–H groups in total. The predicted molar refractivity (Wildman–Crippen MR) is 157 cm³/mol. The zero-order valence-electron chi connectivity index (χ0n) is 23.8. The Morgan fingerprint density at radius 3 is 2.41 bits per heavy atom. The number of halogens is 1. The Hall–Kier alpha value is -3.15. The number of carbonyl (C=O) groups is 1. The van der Waals surface area contributed by atoms with Gasteiger partial charge in [0.1, 0.15) is 5.82 Å². The molecule has 1 amide bonds. The molecule has 0 unspecified atom stereocenters. The van der Waals surface area contributed by atoms with E-state index in [0.29, 0.717) is 17.4 Å². The van der Waals surface area contributed by atoms with E-state index in [9.17, 15) is 14.3 Å². The fourth-order valence-electron chi connectivity index (χ4n) is 8.19. The van der Waals surface area contributed by atoms with Gasteiger partial charge in [-0.1, -0.05) is 18.6 Å². The van der Waals surface area contributed by atoms with Gasteiger partial charge in [0.05, 0.1) is 11.6 Å². The fraction of sp³-hybridized carbons (Fsp3) is 0.576. The topological polar surface area (TPSA) is 82.8 Å². The van der Waals surface area contributed by atoms with Gasteiger partial charge >= 0.3 is 6.09 Å². The van der Waals surface area contributed by atoms with Crippen LogP contribution in [0.3, 0.4) is 0 Å². The van der Waals surface area contributed by atoms with Gasteiger partial charge in [-0.2, -0.15) is 5.26 Å². The summed E-state index contributed by atoms with van der Waals surface area (Å²) in [6.07, 6.45) is 6.19. The van der Waals surface area contributed by atoms with E-state index in [-0.39, 0.29) is 23.3 Å². The van der Waals surface area contributed by atoms with E-state index in [1.807, 2.05) is 30.3 Å². The third kappa shape index (κ3) is 5.80. The van der Waals surface area contributed by atoms with E-state index < -0.39 is 6.09 Å². The number of nitrogens with zero attached hydrogens (tertiary/aromatic N) is 4. The van der Waals surface area contributed by atoms with Crippen LogP contribution in [-0.4, -0.2) is 72.9 Å². The van der Waals surface area contributed by atoms with Crippen LogP contribution in [0.25, 0.3) is 0 Å². The minimum absolute atomic E-state index is 0.0283. The predicted octanol–water partition coefficient (Wildman–Crippen LogP) is 5.27. The number of anilines is 1. The highest BCUT2D eigenvalue weighted by atomic mass is 19.1. The summed E-state index contributed by atoms with van der Waals surface area (Å²) in [6.45, 7) is 7.33. The first-order valence-electron chi connectivity index (χ1n) is 15.4.